The smallest absolute Gasteiger partial charge is 0.326 e. The van der Waals surface area contributed by atoms with Crippen LogP contribution in [-0.4, -0.2) is 72.7 Å². The normalized spacial score (nSPS) is 17.4. The Kier molecular flexibility index (Phi) is 5.48. The number of nitrogens with one attached hydrogen (secondary N) is 2. The molecule has 3 aromatic heterocycles. The van der Waals surface area contributed by atoms with E-state index in [1.807, 2.05) is 11.0 Å². The predicted molar refractivity (Wildman–Crippen MR) is 133 cm³/mol. The fourth-order valence-electron chi connectivity index (χ4n) is 4.29. The molecule has 0 spiro atoms. The molecule has 184 valence electrons. The Balaban J connectivity index is 1.33. The van der Waals surface area contributed by atoms with Gasteiger partial charge in [-0.25, -0.2) is 9.78 Å². The van der Waals surface area contributed by atoms with Gasteiger partial charge < -0.3 is 19.9 Å². The zero-order valence-corrected chi connectivity index (χ0v) is 19.9. The summed E-state index contributed by atoms with van der Waals surface area (Å²) in [6.45, 7) is 2.31. The standard InChI is InChI=1S/C24H23ClN8O3/c25-16-3-1-2-14(10-16)23(35)32-8-6-31(7-9-32)19-12-20(27-17-4-5-17)33-21(29-19)15(13-26-33)11-18-22(34)30-24(36)28-18/h1-3,10-13,17,34H,4-9H2,(H2,28,30,36). The molecule has 1 aromatic carbocycles. The molecule has 2 fully saturated rings. The highest BCUT2D eigenvalue weighted by Gasteiger charge is 2.25. The first-order valence-electron chi connectivity index (χ1n) is 11.7. The van der Waals surface area contributed by atoms with E-state index >= 15 is 0 Å². The zero-order chi connectivity index (χ0) is 24.8. The van der Waals surface area contributed by atoms with Crippen molar-refractivity contribution in [3.05, 3.63) is 74.0 Å². The van der Waals surface area contributed by atoms with E-state index in [-0.39, 0.29) is 23.5 Å². The van der Waals surface area contributed by atoms with Crippen LogP contribution in [0.15, 0.2) is 46.3 Å². The molecule has 0 bridgehead atoms. The van der Waals surface area contributed by atoms with E-state index in [0.717, 1.165) is 18.7 Å². The number of carbonyl (C=O) groups is 1. The number of hydrogen-bond acceptors (Lipinski definition) is 7. The molecule has 1 amide bonds. The second-order valence-electron chi connectivity index (χ2n) is 8.94. The van der Waals surface area contributed by atoms with Crippen molar-refractivity contribution in [2.45, 2.75) is 18.9 Å². The van der Waals surface area contributed by atoms with E-state index in [1.54, 1.807) is 41.1 Å². The third-order valence-electron chi connectivity index (χ3n) is 6.33. The van der Waals surface area contributed by atoms with Crippen molar-refractivity contribution >= 4 is 35.0 Å². The summed E-state index contributed by atoms with van der Waals surface area (Å²) in [5, 5.41) is 15.6. The Morgan fingerprint density at radius 3 is 2.67 bits per heavy atom. The molecular weight excluding hydrogens is 484 g/mol. The van der Waals surface area contributed by atoms with E-state index in [9.17, 15) is 14.7 Å². The molecule has 1 aliphatic heterocycles. The van der Waals surface area contributed by atoms with Crippen LogP contribution in [0.1, 0.15) is 28.9 Å². The molecule has 0 radical (unpaired) electrons. The zero-order valence-electron chi connectivity index (χ0n) is 19.2. The summed E-state index contributed by atoms with van der Waals surface area (Å²) in [7, 11) is 0. The van der Waals surface area contributed by atoms with Gasteiger partial charge >= 0.3 is 5.69 Å². The van der Waals surface area contributed by atoms with Crippen LogP contribution in [0.3, 0.4) is 0 Å². The minimum absolute atomic E-state index is 0.0436. The molecule has 0 atom stereocenters. The first-order chi connectivity index (χ1) is 17.4. The maximum absolute atomic E-state index is 12.9. The van der Waals surface area contributed by atoms with E-state index in [2.05, 4.69) is 20.0 Å². The quantitative estimate of drug-likeness (QED) is 0.372. The molecule has 1 saturated heterocycles. The average Bonchev–Trinajstić information content (AvgIpc) is 3.51. The highest BCUT2D eigenvalue weighted by Crippen LogP contribution is 2.23. The number of halogens is 1. The summed E-state index contributed by atoms with van der Waals surface area (Å²) >= 11 is 6.06. The lowest BCUT2D eigenvalue weighted by molar-refractivity contribution is 0.0746. The van der Waals surface area contributed by atoms with Crippen LogP contribution in [0.4, 0.5) is 5.82 Å². The number of nitrogens with zero attached hydrogens (tertiary/aromatic N) is 6. The van der Waals surface area contributed by atoms with Gasteiger partial charge in [0, 0.05) is 48.1 Å². The maximum atomic E-state index is 12.9. The van der Waals surface area contributed by atoms with Crippen molar-refractivity contribution in [1.29, 1.82) is 0 Å². The van der Waals surface area contributed by atoms with Crippen LogP contribution in [0.2, 0.25) is 5.02 Å². The van der Waals surface area contributed by atoms with Gasteiger partial charge in [0.25, 0.3) is 5.91 Å². The van der Waals surface area contributed by atoms with Crippen LogP contribution in [0, 0.1) is 0 Å². The molecule has 2 aliphatic rings. The Labute approximate surface area is 209 Å². The SMILES string of the molecule is O=C(c1cccc(Cl)c1)N1CCN(c2cc(=NC3CC3)n3ncc(=Cc4[nH]c(=O)[nH]c4O)c3n2)CC1. The second-order valence-corrected chi connectivity index (χ2v) is 9.38. The van der Waals surface area contributed by atoms with E-state index < -0.39 is 5.69 Å². The number of aromatic nitrogens is 5. The van der Waals surface area contributed by atoms with E-state index in [1.165, 1.54) is 0 Å². The number of benzene rings is 1. The van der Waals surface area contributed by atoms with Crippen molar-refractivity contribution < 1.29 is 9.90 Å². The third-order valence-corrected chi connectivity index (χ3v) is 6.56. The fraction of sp³-hybridized carbons (Fsp3) is 0.292. The molecule has 4 heterocycles. The first kappa shape index (κ1) is 22.4. The molecule has 11 nitrogen and oxygen atoms in total. The number of anilines is 1. The highest BCUT2D eigenvalue weighted by molar-refractivity contribution is 6.30. The molecule has 4 aromatic rings. The van der Waals surface area contributed by atoms with Gasteiger partial charge in [-0.3, -0.25) is 14.8 Å². The Morgan fingerprint density at radius 2 is 1.97 bits per heavy atom. The Bertz CT molecular complexity index is 1640. The van der Waals surface area contributed by atoms with Gasteiger partial charge in [-0.1, -0.05) is 17.7 Å². The monoisotopic (exact) mass is 506 g/mol. The van der Waals surface area contributed by atoms with E-state index in [4.69, 9.17) is 21.6 Å². The first-order valence-corrected chi connectivity index (χ1v) is 12.1. The number of amides is 1. The van der Waals surface area contributed by atoms with Crippen LogP contribution >= 0.6 is 11.6 Å². The number of imidazole rings is 1. The highest BCUT2D eigenvalue weighted by atomic mass is 35.5. The molecule has 1 saturated carbocycles. The van der Waals surface area contributed by atoms with Gasteiger partial charge in [-0.15, -0.1) is 0 Å². The summed E-state index contributed by atoms with van der Waals surface area (Å²) in [5.41, 5.74) is 1.58. The number of aromatic amines is 2. The van der Waals surface area contributed by atoms with Crippen LogP contribution in [0.25, 0.3) is 11.7 Å². The van der Waals surface area contributed by atoms with Gasteiger partial charge in [0.15, 0.2) is 11.1 Å². The number of fused-ring (bicyclic) bond motifs is 1. The number of rotatable bonds is 4. The largest absolute Gasteiger partial charge is 0.493 e. The van der Waals surface area contributed by atoms with Crippen molar-refractivity contribution in [3.8, 4) is 5.88 Å². The van der Waals surface area contributed by atoms with Gasteiger partial charge in [-0.2, -0.15) is 9.61 Å². The fourth-order valence-corrected chi connectivity index (χ4v) is 4.48. The topological polar surface area (TPSA) is 135 Å². The van der Waals surface area contributed by atoms with Crippen molar-refractivity contribution in [2.24, 2.45) is 4.99 Å². The van der Waals surface area contributed by atoms with Crippen LogP contribution in [-0.2, 0) is 0 Å². The van der Waals surface area contributed by atoms with Gasteiger partial charge in [0.1, 0.15) is 11.5 Å². The van der Waals surface area contributed by atoms with Crippen molar-refractivity contribution in [2.75, 3.05) is 31.1 Å². The lowest BCUT2D eigenvalue weighted by Crippen LogP contribution is -2.49. The number of H-pyrrole nitrogens is 2. The van der Waals surface area contributed by atoms with Crippen LogP contribution < -0.4 is 21.3 Å². The average molecular weight is 507 g/mol. The number of carbonyl (C=O) groups excluding carboxylic acids is 1. The molecule has 6 rings (SSSR count). The molecule has 3 N–H and O–H groups in total. The van der Waals surface area contributed by atoms with Crippen LogP contribution in [0.5, 0.6) is 5.88 Å². The minimum atomic E-state index is -0.501. The second kappa shape index (κ2) is 8.83. The summed E-state index contributed by atoms with van der Waals surface area (Å²) in [6.07, 6.45) is 5.34. The number of aromatic hydroxyl groups is 1. The summed E-state index contributed by atoms with van der Waals surface area (Å²) in [6, 6.07) is 9.18. The third kappa shape index (κ3) is 4.33. The number of piperazine rings is 1. The Morgan fingerprint density at radius 1 is 1.17 bits per heavy atom. The Hall–Kier alpha value is -4.12. The molecule has 12 heteroatoms. The molecule has 0 unspecified atom stereocenters. The van der Waals surface area contributed by atoms with Gasteiger partial charge in [0.05, 0.1) is 12.2 Å². The van der Waals surface area contributed by atoms with Crippen molar-refractivity contribution in [3.63, 3.8) is 0 Å². The number of hydrogen-bond donors (Lipinski definition) is 3. The minimum Gasteiger partial charge on any atom is -0.493 e. The molecule has 1 aliphatic carbocycles. The summed E-state index contributed by atoms with van der Waals surface area (Å²) in [5.74, 6) is 0.440. The van der Waals surface area contributed by atoms with Gasteiger partial charge in [-0.05, 0) is 37.1 Å². The van der Waals surface area contributed by atoms with Gasteiger partial charge in [0.2, 0.25) is 5.88 Å². The lowest BCUT2D eigenvalue weighted by Gasteiger charge is -2.35. The maximum Gasteiger partial charge on any atom is 0.326 e. The van der Waals surface area contributed by atoms with E-state index in [0.29, 0.717) is 53.1 Å². The molecule has 36 heavy (non-hydrogen) atoms. The van der Waals surface area contributed by atoms with Crippen molar-refractivity contribution in [1.82, 2.24) is 29.5 Å². The molecular formula is C24H23ClN8O3. The summed E-state index contributed by atoms with van der Waals surface area (Å²) < 4.78 is 1.67. The lowest BCUT2D eigenvalue weighted by atomic mass is 10.2. The predicted octanol–water partition coefficient (Wildman–Crippen LogP) is 0.678. The summed E-state index contributed by atoms with van der Waals surface area (Å²) in [4.78, 5) is 42.9.